The van der Waals surface area contributed by atoms with E-state index in [1.165, 1.54) is 12.1 Å². The lowest BCUT2D eigenvalue weighted by Gasteiger charge is -2.32. The number of piperidine rings is 1. The highest BCUT2D eigenvalue weighted by Crippen LogP contribution is 2.26. The van der Waals surface area contributed by atoms with Crippen LogP contribution in [0.5, 0.6) is 5.75 Å². The molecule has 3 rings (SSSR count). The molecule has 1 heterocycles. The van der Waals surface area contributed by atoms with Gasteiger partial charge in [0.25, 0.3) is 0 Å². The summed E-state index contributed by atoms with van der Waals surface area (Å²) in [7, 11) is 1.64. The SMILES string of the molecule is COc1ccccc1C(C)NC(=O)C1CCCN(Cc2ccc(F)cc2)C1. The Morgan fingerprint density at radius 1 is 1.26 bits per heavy atom. The van der Waals surface area contributed by atoms with Crippen LogP contribution in [0.25, 0.3) is 0 Å². The first kappa shape index (κ1) is 19.4. The number of methoxy groups -OCH3 is 1. The average molecular weight is 370 g/mol. The number of para-hydroxylation sites is 1. The zero-order valence-electron chi connectivity index (χ0n) is 16.0. The number of nitrogens with zero attached hydrogens (tertiary/aromatic N) is 1. The summed E-state index contributed by atoms with van der Waals surface area (Å²) in [5.74, 6) is 0.612. The third-order valence-electron chi connectivity index (χ3n) is 5.16. The monoisotopic (exact) mass is 370 g/mol. The van der Waals surface area contributed by atoms with Gasteiger partial charge in [0.05, 0.1) is 19.1 Å². The third-order valence-corrected chi connectivity index (χ3v) is 5.16. The van der Waals surface area contributed by atoms with Crippen LogP contribution in [0.2, 0.25) is 0 Å². The van der Waals surface area contributed by atoms with Gasteiger partial charge in [-0.2, -0.15) is 0 Å². The molecule has 0 radical (unpaired) electrons. The standard InChI is InChI=1S/C22H27FN2O2/c1-16(20-7-3-4-8-21(20)27-2)24-22(26)18-6-5-13-25(15-18)14-17-9-11-19(23)12-10-17/h3-4,7-12,16,18H,5-6,13-15H2,1-2H3,(H,24,26). The van der Waals surface area contributed by atoms with Gasteiger partial charge in [0.2, 0.25) is 5.91 Å². The molecule has 2 unspecified atom stereocenters. The fraction of sp³-hybridized carbons (Fsp3) is 0.409. The number of hydrogen-bond donors (Lipinski definition) is 1. The fourth-order valence-electron chi connectivity index (χ4n) is 3.69. The van der Waals surface area contributed by atoms with Gasteiger partial charge in [-0.25, -0.2) is 4.39 Å². The second-order valence-corrected chi connectivity index (χ2v) is 7.17. The van der Waals surface area contributed by atoms with Crippen LogP contribution in [0.1, 0.15) is 36.9 Å². The predicted molar refractivity (Wildman–Crippen MR) is 104 cm³/mol. The van der Waals surface area contributed by atoms with E-state index in [0.717, 1.165) is 49.4 Å². The van der Waals surface area contributed by atoms with Gasteiger partial charge in [-0.1, -0.05) is 30.3 Å². The zero-order chi connectivity index (χ0) is 19.2. The molecule has 0 aliphatic carbocycles. The molecule has 1 fully saturated rings. The van der Waals surface area contributed by atoms with E-state index >= 15 is 0 Å². The number of ether oxygens (including phenoxy) is 1. The van der Waals surface area contributed by atoms with Crippen molar-refractivity contribution in [1.29, 1.82) is 0 Å². The molecule has 5 heteroatoms. The van der Waals surface area contributed by atoms with Crippen LogP contribution in [0.3, 0.4) is 0 Å². The molecule has 1 N–H and O–H groups in total. The zero-order valence-corrected chi connectivity index (χ0v) is 16.0. The number of halogens is 1. The van der Waals surface area contributed by atoms with Gasteiger partial charge in [0.1, 0.15) is 11.6 Å². The summed E-state index contributed by atoms with van der Waals surface area (Å²) in [6.45, 7) is 4.41. The number of rotatable bonds is 6. The Balaban J connectivity index is 1.58. The molecule has 1 aliphatic rings. The summed E-state index contributed by atoms with van der Waals surface area (Å²) in [5.41, 5.74) is 2.05. The summed E-state index contributed by atoms with van der Waals surface area (Å²) in [6.07, 6.45) is 1.88. The number of nitrogens with one attached hydrogen (secondary N) is 1. The van der Waals surface area contributed by atoms with Crippen molar-refractivity contribution in [2.45, 2.75) is 32.4 Å². The molecule has 0 saturated carbocycles. The molecule has 4 nitrogen and oxygen atoms in total. The van der Waals surface area contributed by atoms with Gasteiger partial charge < -0.3 is 10.1 Å². The predicted octanol–water partition coefficient (Wildman–Crippen LogP) is 3.92. The molecule has 0 spiro atoms. The van der Waals surface area contributed by atoms with Crippen LogP contribution in [0.4, 0.5) is 4.39 Å². The summed E-state index contributed by atoms with van der Waals surface area (Å²) in [4.78, 5) is 15.1. The molecule has 0 aromatic heterocycles. The van der Waals surface area contributed by atoms with Crippen LogP contribution >= 0.6 is 0 Å². The molecule has 1 saturated heterocycles. The Bertz CT molecular complexity index is 763. The van der Waals surface area contributed by atoms with E-state index in [4.69, 9.17) is 4.74 Å². The van der Waals surface area contributed by atoms with Crippen molar-refractivity contribution in [1.82, 2.24) is 10.2 Å². The maximum atomic E-state index is 13.1. The lowest BCUT2D eigenvalue weighted by Crippen LogP contribution is -2.43. The van der Waals surface area contributed by atoms with E-state index in [1.807, 2.05) is 43.3 Å². The highest BCUT2D eigenvalue weighted by Gasteiger charge is 2.27. The molecule has 1 amide bonds. The molecule has 1 aliphatic heterocycles. The van der Waals surface area contributed by atoms with Crippen molar-refractivity contribution in [3.63, 3.8) is 0 Å². The third kappa shape index (κ3) is 5.07. The van der Waals surface area contributed by atoms with E-state index < -0.39 is 0 Å². The lowest BCUT2D eigenvalue weighted by molar-refractivity contribution is -0.127. The van der Waals surface area contributed by atoms with Gasteiger partial charge in [0.15, 0.2) is 0 Å². The van der Waals surface area contributed by atoms with Crippen molar-refractivity contribution < 1.29 is 13.9 Å². The summed E-state index contributed by atoms with van der Waals surface area (Å²) in [5, 5.41) is 3.14. The van der Waals surface area contributed by atoms with Crippen LogP contribution < -0.4 is 10.1 Å². The number of carbonyl (C=O) groups is 1. The molecule has 2 aromatic rings. The Morgan fingerprint density at radius 3 is 2.74 bits per heavy atom. The van der Waals surface area contributed by atoms with Crippen molar-refractivity contribution in [2.24, 2.45) is 5.92 Å². The van der Waals surface area contributed by atoms with Gasteiger partial charge in [0, 0.05) is 18.7 Å². The molecule has 144 valence electrons. The fourth-order valence-corrected chi connectivity index (χ4v) is 3.69. The minimum Gasteiger partial charge on any atom is -0.496 e. The highest BCUT2D eigenvalue weighted by atomic mass is 19.1. The van der Waals surface area contributed by atoms with Crippen LogP contribution in [0.15, 0.2) is 48.5 Å². The Hall–Kier alpha value is -2.40. The summed E-state index contributed by atoms with van der Waals surface area (Å²) >= 11 is 0. The minimum atomic E-state index is -0.222. The first-order valence-corrected chi connectivity index (χ1v) is 9.47. The first-order valence-electron chi connectivity index (χ1n) is 9.47. The van der Waals surface area contributed by atoms with E-state index in [0.29, 0.717) is 0 Å². The van der Waals surface area contributed by atoms with E-state index in [9.17, 15) is 9.18 Å². The van der Waals surface area contributed by atoms with Gasteiger partial charge in [-0.05, 0) is 50.1 Å². The van der Waals surface area contributed by atoms with Crippen molar-refractivity contribution in [3.8, 4) is 5.75 Å². The molecular weight excluding hydrogens is 343 g/mol. The summed E-state index contributed by atoms with van der Waals surface area (Å²) < 4.78 is 18.5. The second kappa shape index (κ2) is 9.00. The van der Waals surface area contributed by atoms with Crippen molar-refractivity contribution in [3.05, 3.63) is 65.5 Å². The van der Waals surface area contributed by atoms with Crippen LogP contribution in [-0.2, 0) is 11.3 Å². The number of hydrogen-bond acceptors (Lipinski definition) is 3. The van der Waals surface area contributed by atoms with Crippen LogP contribution in [0, 0.1) is 11.7 Å². The summed E-state index contributed by atoms with van der Waals surface area (Å²) in [6, 6.07) is 14.2. The number of amides is 1. The maximum absolute atomic E-state index is 13.1. The minimum absolute atomic E-state index is 0.0312. The Kier molecular flexibility index (Phi) is 6.45. The largest absolute Gasteiger partial charge is 0.496 e. The van der Waals surface area contributed by atoms with E-state index in [-0.39, 0.29) is 23.7 Å². The molecule has 27 heavy (non-hydrogen) atoms. The lowest BCUT2D eigenvalue weighted by atomic mass is 9.95. The average Bonchev–Trinajstić information content (AvgIpc) is 2.70. The van der Waals surface area contributed by atoms with Crippen LogP contribution in [-0.4, -0.2) is 31.0 Å². The Morgan fingerprint density at radius 2 is 2.00 bits per heavy atom. The molecule has 2 aromatic carbocycles. The molecule has 2 atom stereocenters. The Labute approximate surface area is 160 Å². The van der Waals surface area contributed by atoms with Gasteiger partial charge in [-0.15, -0.1) is 0 Å². The normalized spacial score (nSPS) is 18.7. The maximum Gasteiger partial charge on any atom is 0.224 e. The van der Waals surface area contributed by atoms with Crippen molar-refractivity contribution in [2.75, 3.05) is 20.2 Å². The smallest absolute Gasteiger partial charge is 0.224 e. The topological polar surface area (TPSA) is 41.6 Å². The first-order chi connectivity index (χ1) is 13.1. The van der Waals surface area contributed by atoms with Crippen molar-refractivity contribution >= 4 is 5.91 Å². The highest BCUT2D eigenvalue weighted by molar-refractivity contribution is 5.79. The number of benzene rings is 2. The molecular formula is C22H27FN2O2. The molecule has 0 bridgehead atoms. The van der Waals surface area contributed by atoms with E-state index in [1.54, 1.807) is 7.11 Å². The second-order valence-electron chi connectivity index (χ2n) is 7.17. The number of carbonyl (C=O) groups excluding carboxylic acids is 1. The van der Waals surface area contributed by atoms with E-state index in [2.05, 4.69) is 10.2 Å². The van der Waals surface area contributed by atoms with Gasteiger partial charge in [-0.3, -0.25) is 9.69 Å². The quantitative estimate of drug-likeness (QED) is 0.838. The van der Waals surface area contributed by atoms with Gasteiger partial charge >= 0.3 is 0 Å². The number of likely N-dealkylation sites (tertiary alicyclic amines) is 1.